The normalized spacial score (nSPS) is 12.4. The number of benzene rings is 3. The maximum atomic E-state index is 14.1. The van der Waals surface area contributed by atoms with Gasteiger partial charge in [-0.1, -0.05) is 60.7 Å². The van der Waals surface area contributed by atoms with Gasteiger partial charge < -0.3 is 30.0 Å². The van der Waals surface area contributed by atoms with Gasteiger partial charge in [0.05, 0.1) is 23.8 Å². The zero-order valence-electron chi connectivity index (χ0n) is 25.4. The summed E-state index contributed by atoms with van der Waals surface area (Å²) in [6, 6.07) is 24.0. The summed E-state index contributed by atoms with van der Waals surface area (Å²) in [4.78, 5) is 25.0. The van der Waals surface area contributed by atoms with E-state index in [-0.39, 0.29) is 54.5 Å². The molecule has 45 heavy (non-hydrogen) atoms. The van der Waals surface area contributed by atoms with Crippen molar-refractivity contribution in [2.45, 2.75) is 51.5 Å². The average molecular weight is 618 g/mol. The van der Waals surface area contributed by atoms with Crippen molar-refractivity contribution in [2.24, 2.45) is 0 Å². The number of carboxylic acid groups (broad SMARTS) is 1. The van der Waals surface area contributed by atoms with E-state index < -0.39 is 30.4 Å². The van der Waals surface area contributed by atoms with Crippen molar-refractivity contribution in [3.8, 4) is 28.3 Å². The number of carbonyl (C=O) groups excluding carboxylic acids is 2. The molecule has 2 atom stereocenters. The van der Waals surface area contributed by atoms with Crippen LogP contribution < -0.4 is 40.0 Å². The molecule has 226 valence electrons. The SMILES string of the molecule is CC(C)n1c(C=C[C@@H](O)C[C@@H](O)CC(=O)[O-])c(-c2ccc(F)cc2)c(-c2ccccc2)c1C(=O)NCc1cccc(C#N)c1.[Na+]. The van der Waals surface area contributed by atoms with Crippen LogP contribution in [0.4, 0.5) is 4.39 Å². The van der Waals surface area contributed by atoms with Gasteiger partial charge in [0.2, 0.25) is 0 Å². The van der Waals surface area contributed by atoms with Crippen LogP contribution in [-0.4, -0.2) is 38.9 Å². The van der Waals surface area contributed by atoms with E-state index in [9.17, 15) is 34.6 Å². The predicted octanol–water partition coefficient (Wildman–Crippen LogP) is 1.61. The number of hydrogen-bond acceptors (Lipinski definition) is 6. The molecule has 0 aliphatic heterocycles. The van der Waals surface area contributed by atoms with E-state index in [0.717, 1.165) is 11.1 Å². The van der Waals surface area contributed by atoms with E-state index in [2.05, 4.69) is 11.4 Å². The molecule has 4 aromatic rings. The fraction of sp³-hybridized carbons (Fsp3) is 0.229. The molecule has 3 aromatic carbocycles. The van der Waals surface area contributed by atoms with Crippen LogP contribution in [0.5, 0.6) is 0 Å². The molecule has 1 amide bonds. The van der Waals surface area contributed by atoms with Gasteiger partial charge >= 0.3 is 29.6 Å². The topological polar surface area (TPSA) is 138 Å². The molecule has 10 heteroatoms. The Morgan fingerprint density at radius 3 is 2.29 bits per heavy atom. The quantitative estimate of drug-likeness (QED) is 0.207. The first kappa shape index (κ1) is 35.4. The molecule has 1 aromatic heterocycles. The Morgan fingerprint density at radius 2 is 1.67 bits per heavy atom. The standard InChI is InChI=1S/C35H34FN3O5.Na/c1-22(2)39-30(16-15-28(40)18-29(41)19-31(42)43)32(26-11-13-27(36)14-12-26)33(25-9-4-3-5-10-25)34(39)35(44)38-21-24-8-6-7-23(17-24)20-37;/h3-17,22,28-29,40-41H,18-19,21H2,1-2H3,(H,38,44)(H,42,43);/q;+1/p-1/t28-,29-;/m1./s1. The minimum absolute atomic E-state index is 0. The first-order valence-electron chi connectivity index (χ1n) is 14.2. The zero-order chi connectivity index (χ0) is 31.8. The molecular formula is C35H33FN3NaO5. The minimum atomic E-state index is -1.43. The largest absolute Gasteiger partial charge is 1.00 e. The molecule has 0 saturated carbocycles. The Kier molecular flexibility index (Phi) is 12.9. The van der Waals surface area contributed by atoms with Gasteiger partial charge in [0.15, 0.2) is 0 Å². The average Bonchev–Trinajstić information content (AvgIpc) is 3.35. The first-order chi connectivity index (χ1) is 21.1. The first-order valence-corrected chi connectivity index (χ1v) is 14.2. The number of carboxylic acids is 1. The monoisotopic (exact) mass is 617 g/mol. The van der Waals surface area contributed by atoms with Crippen molar-refractivity contribution in [3.63, 3.8) is 0 Å². The molecule has 1 heterocycles. The van der Waals surface area contributed by atoms with E-state index in [1.54, 1.807) is 36.4 Å². The van der Waals surface area contributed by atoms with Gasteiger partial charge in [-0.2, -0.15) is 5.26 Å². The third kappa shape index (κ3) is 9.01. The molecule has 0 aliphatic carbocycles. The molecule has 8 nitrogen and oxygen atoms in total. The summed E-state index contributed by atoms with van der Waals surface area (Å²) < 4.78 is 15.9. The van der Waals surface area contributed by atoms with Gasteiger partial charge in [0.1, 0.15) is 11.5 Å². The number of nitrogens with zero attached hydrogens (tertiary/aromatic N) is 2. The molecule has 3 N–H and O–H groups in total. The van der Waals surface area contributed by atoms with Gasteiger partial charge in [0, 0.05) is 48.2 Å². The van der Waals surface area contributed by atoms with Crippen molar-refractivity contribution in [2.75, 3.05) is 0 Å². The minimum Gasteiger partial charge on any atom is -0.550 e. The number of nitrogens with one attached hydrogen (secondary N) is 1. The maximum absolute atomic E-state index is 14.1. The zero-order valence-corrected chi connectivity index (χ0v) is 27.4. The van der Waals surface area contributed by atoms with Crippen LogP contribution in [0.25, 0.3) is 28.3 Å². The Labute approximate surface area is 283 Å². The summed E-state index contributed by atoms with van der Waals surface area (Å²) in [5, 5.41) is 43.8. The van der Waals surface area contributed by atoms with E-state index >= 15 is 0 Å². The molecule has 0 fully saturated rings. The number of aliphatic hydroxyl groups is 2. The molecule has 0 spiro atoms. The Bertz CT molecular complexity index is 1690. The fourth-order valence-electron chi connectivity index (χ4n) is 5.18. The van der Waals surface area contributed by atoms with Gasteiger partial charge in [0.25, 0.3) is 5.91 Å². The van der Waals surface area contributed by atoms with E-state index in [1.165, 1.54) is 18.2 Å². The number of amides is 1. The third-order valence-electron chi connectivity index (χ3n) is 7.07. The summed E-state index contributed by atoms with van der Waals surface area (Å²) >= 11 is 0. The number of carbonyl (C=O) groups is 2. The van der Waals surface area contributed by atoms with Crippen LogP contribution in [0.3, 0.4) is 0 Å². The predicted molar refractivity (Wildman–Crippen MR) is 163 cm³/mol. The molecule has 0 aliphatic rings. The molecule has 0 bridgehead atoms. The fourth-order valence-corrected chi connectivity index (χ4v) is 5.18. The van der Waals surface area contributed by atoms with E-state index in [4.69, 9.17) is 0 Å². The molecule has 0 saturated heterocycles. The second kappa shape index (κ2) is 16.3. The molecular weight excluding hydrogens is 584 g/mol. The second-order valence-corrected chi connectivity index (χ2v) is 10.7. The van der Waals surface area contributed by atoms with E-state index in [0.29, 0.717) is 33.6 Å². The van der Waals surface area contributed by atoms with Crippen LogP contribution in [0.1, 0.15) is 60.0 Å². The number of rotatable bonds is 12. The van der Waals surface area contributed by atoms with Gasteiger partial charge in [-0.3, -0.25) is 4.79 Å². The summed E-state index contributed by atoms with van der Waals surface area (Å²) in [5.74, 6) is -2.23. The van der Waals surface area contributed by atoms with Gasteiger partial charge in [-0.25, -0.2) is 4.39 Å². The number of hydrogen-bond donors (Lipinski definition) is 3. The molecule has 4 rings (SSSR count). The van der Waals surface area contributed by atoms with Crippen molar-refractivity contribution in [1.82, 2.24) is 9.88 Å². The van der Waals surface area contributed by atoms with Crippen LogP contribution in [0.2, 0.25) is 0 Å². The van der Waals surface area contributed by atoms with Crippen LogP contribution >= 0.6 is 0 Å². The van der Waals surface area contributed by atoms with Crippen LogP contribution in [0.15, 0.2) is 84.9 Å². The summed E-state index contributed by atoms with van der Waals surface area (Å²) in [6.07, 6.45) is -0.300. The number of aliphatic carboxylic acids is 1. The number of aliphatic hydroxyl groups excluding tert-OH is 2. The van der Waals surface area contributed by atoms with Gasteiger partial charge in [-0.05, 0) is 60.9 Å². The maximum Gasteiger partial charge on any atom is 1.00 e. The summed E-state index contributed by atoms with van der Waals surface area (Å²) in [7, 11) is 0. The Balaban J connectivity index is 0.00000552. The van der Waals surface area contributed by atoms with Crippen molar-refractivity contribution < 1.29 is 58.9 Å². The number of halogens is 1. The Morgan fingerprint density at radius 1 is 1.00 bits per heavy atom. The van der Waals surface area contributed by atoms with Crippen molar-refractivity contribution >= 4 is 18.0 Å². The number of aromatic nitrogens is 1. The summed E-state index contributed by atoms with van der Waals surface area (Å²) in [6.45, 7) is 3.99. The Hall–Kier alpha value is -4.04. The number of nitriles is 1. The van der Waals surface area contributed by atoms with Crippen molar-refractivity contribution in [1.29, 1.82) is 5.26 Å². The molecule has 0 unspecified atom stereocenters. The van der Waals surface area contributed by atoms with Crippen LogP contribution in [-0.2, 0) is 11.3 Å². The second-order valence-electron chi connectivity index (χ2n) is 10.7. The van der Waals surface area contributed by atoms with Crippen LogP contribution in [0, 0.1) is 17.1 Å². The molecule has 0 radical (unpaired) electrons. The smallest absolute Gasteiger partial charge is 0.550 e. The van der Waals surface area contributed by atoms with Crippen molar-refractivity contribution in [3.05, 3.63) is 113 Å². The van der Waals surface area contributed by atoms with E-state index in [1.807, 2.05) is 54.8 Å². The third-order valence-corrected chi connectivity index (χ3v) is 7.07. The van der Waals surface area contributed by atoms with Gasteiger partial charge in [-0.15, -0.1) is 0 Å². The summed E-state index contributed by atoms with van der Waals surface area (Å²) in [5.41, 5.74) is 4.71.